The molecule has 0 spiro atoms. The van der Waals surface area contributed by atoms with Gasteiger partial charge in [-0.15, -0.1) is 0 Å². The van der Waals surface area contributed by atoms with Crippen LogP contribution in [0.15, 0.2) is 54.6 Å². The van der Waals surface area contributed by atoms with E-state index < -0.39 is 11.9 Å². The summed E-state index contributed by atoms with van der Waals surface area (Å²) in [6, 6.07) is 13.3. The number of carbonyl (C=O) groups excluding carboxylic acids is 1. The Morgan fingerprint density at radius 1 is 1.00 bits per heavy atom. The van der Waals surface area contributed by atoms with E-state index in [-0.39, 0.29) is 17.6 Å². The van der Waals surface area contributed by atoms with Crippen molar-refractivity contribution in [1.29, 1.82) is 5.41 Å². The molecule has 9 heteroatoms. The van der Waals surface area contributed by atoms with Crippen molar-refractivity contribution in [3.63, 3.8) is 0 Å². The van der Waals surface area contributed by atoms with E-state index in [0.717, 1.165) is 38.6 Å². The molecule has 2 N–H and O–H groups in total. The molecule has 0 aromatic heterocycles. The number of nitrogens with one attached hydrogen (secondary N) is 2. The molecule has 5 nitrogen and oxygen atoms in total. The number of likely N-dealkylation sites (tertiary alicyclic amines) is 2. The molecule has 4 rings (SSSR count). The third kappa shape index (κ3) is 6.48. The lowest BCUT2D eigenvalue weighted by molar-refractivity contribution is -0.0583. The molecule has 0 radical (unpaired) electrons. The first kappa shape index (κ1) is 26.2. The number of nitrogens with zero attached hydrogens (tertiary/aromatic N) is 2. The van der Waals surface area contributed by atoms with E-state index >= 15 is 0 Å². The van der Waals surface area contributed by atoms with Gasteiger partial charge in [-0.3, -0.25) is 10.2 Å². The lowest BCUT2D eigenvalue weighted by atomic mass is 10.1. The van der Waals surface area contributed by atoms with Crippen molar-refractivity contribution in [2.24, 2.45) is 0 Å². The molecule has 1 amide bonds. The number of benzene rings is 2. The van der Waals surface area contributed by atoms with E-state index in [1.165, 1.54) is 19.3 Å². The summed E-state index contributed by atoms with van der Waals surface area (Å²) in [7, 11) is 0. The summed E-state index contributed by atoms with van der Waals surface area (Å²) >= 11 is 6.19. The Bertz CT molecular complexity index is 1110. The third-order valence-corrected chi connectivity index (χ3v) is 7.07. The first-order chi connectivity index (χ1) is 17.2. The molecule has 2 aromatic carbocycles. The van der Waals surface area contributed by atoms with Gasteiger partial charge in [0.05, 0.1) is 10.7 Å². The number of amides is 1. The average Bonchev–Trinajstić information content (AvgIpc) is 3.32. The number of hydrogen-bond donors (Lipinski definition) is 2. The number of carbonyl (C=O) groups is 1. The molecular weight excluding hydrogens is 489 g/mol. The smallest absolute Gasteiger partial charge is 0.354 e. The zero-order valence-corrected chi connectivity index (χ0v) is 20.7. The summed E-state index contributed by atoms with van der Waals surface area (Å²) in [6.45, 7) is 3.75. The van der Waals surface area contributed by atoms with Crippen LogP contribution in [0, 0.1) is 5.41 Å². The number of anilines is 1. The van der Waals surface area contributed by atoms with Gasteiger partial charge in [0.2, 0.25) is 0 Å². The normalized spacial score (nSPS) is 19.4. The van der Waals surface area contributed by atoms with Crippen molar-refractivity contribution in [3.8, 4) is 0 Å². The van der Waals surface area contributed by atoms with Crippen LogP contribution in [0.2, 0.25) is 5.02 Å². The van der Waals surface area contributed by atoms with Crippen molar-refractivity contribution >= 4 is 34.6 Å². The van der Waals surface area contributed by atoms with Gasteiger partial charge in [-0.05, 0) is 74.7 Å². The molecule has 2 aliphatic heterocycles. The Kier molecular flexibility index (Phi) is 8.36. The Morgan fingerprint density at radius 2 is 1.67 bits per heavy atom. The van der Waals surface area contributed by atoms with E-state index in [9.17, 15) is 18.0 Å². The minimum absolute atomic E-state index is 0.0614. The number of para-hydroxylation sites is 1. The highest BCUT2D eigenvalue weighted by Crippen LogP contribution is 2.28. The second-order valence-electron chi connectivity index (χ2n) is 9.31. The van der Waals surface area contributed by atoms with Crippen LogP contribution in [0.3, 0.4) is 0 Å². The van der Waals surface area contributed by atoms with Crippen LogP contribution in [0.5, 0.6) is 0 Å². The zero-order valence-electron chi connectivity index (χ0n) is 20.0. The van der Waals surface area contributed by atoms with Crippen molar-refractivity contribution in [1.82, 2.24) is 9.80 Å². The minimum Gasteiger partial charge on any atom is -0.354 e. The van der Waals surface area contributed by atoms with E-state index in [1.54, 1.807) is 48.5 Å². The maximum Gasteiger partial charge on any atom is 0.432 e. The monoisotopic (exact) mass is 518 g/mol. The Balaban J connectivity index is 1.53. The van der Waals surface area contributed by atoms with Gasteiger partial charge in [0.1, 0.15) is 5.71 Å². The molecule has 2 heterocycles. The van der Waals surface area contributed by atoms with E-state index in [1.807, 2.05) is 4.90 Å². The molecule has 1 atom stereocenters. The zero-order chi connectivity index (χ0) is 25.7. The number of rotatable bonds is 7. The number of halogens is 4. The van der Waals surface area contributed by atoms with Crippen molar-refractivity contribution in [2.45, 2.75) is 44.3 Å². The lowest BCUT2D eigenvalue weighted by Gasteiger charge is -2.33. The Morgan fingerprint density at radius 3 is 2.33 bits per heavy atom. The van der Waals surface area contributed by atoms with Crippen molar-refractivity contribution in [3.05, 3.63) is 70.8 Å². The molecule has 36 heavy (non-hydrogen) atoms. The second-order valence-corrected chi connectivity index (χ2v) is 9.71. The fourth-order valence-electron chi connectivity index (χ4n) is 4.82. The van der Waals surface area contributed by atoms with Crippen molar-refractivity contribution < 1.29 is 18.0 Å². The van der Waals surface area contributed by atoms with Gasteiger partial charge in [-0.25, -0.2) is 0 Å². The summed E-state index contributed by atoms with van der Waals surface area (Å²) in [4.78, 5) is 17.7. The summed E-state index contributed by atoms with van der Waals surface area (Å²) < 4.78 is 39.3. The molecule has 0 aliphatic carbocycles. The SMILES string of the molecule is N=C(/C=C(\Nc1ccccc1Cl)c1ccc(C(=O)N2CCCC2CN2CCCCC2)cc1)C(F)(F)F. The largest absolute Gasteiger partial charge is 0.432 e. The van der Waals surface area contributed by atoms with Crippen LogP contribution in [0.4, 0.5) is 18.9 Å². The molecule has 2 aliphatic rings. The van der Waals surface area contributed by atoms with Gasteiger partial charge in [0, 0.05) is 30.4 Å². The molecule has 192 valence electrons. The summed E-state index contributed by atoms with van der Waals surface area (Å²) in [5.74, 6) is -0.0614. The highest BCUT2D eigenvalue weighted by Gasteiger charge is 2.33. The number of allylic oxidation sites excluding steroid dienone is 1. The molecule has 1 unspecified atom stereocenters. The Labute approximate surface area is 214 Å². The lowest BCUT2D eigenvalue weighted by Crippen LogP contribution is -2.44. The van der Waals surface area contributed by atoms with Gasteiger partial charge in [0.25, 0.3) is 5.91 Å². The number of alkyl halides is 3. The summed E-state index contributed by atoms with van der Waals surface area (Å²) in [6.07, 6.45) is 1.56. The van der Waals surface area contributed by atoms with Gasteiger partial charge in [0.15, 0.2) is 0 Å². The van der Waals surface area contributed by atoms with E-state index in [4.69, 9.17) is 17.0 Å². The second kappa shape index (κ2) is 11.5. The van der Waals surface area contributed by atoms with Gasteiger partial charge >= 0.3 is 6.18 Å². The minimum atomic E-state index is -4.79. The van der Waals surface area contributed by atoms with Crippen LogP contribution in [0.1, 0.15) is 48.0 Å². The van der Waals surface area contributed by atoms with Crippen LogP contribution in [-0.2, 0) is 0 Å². The van der Waals surface area contributed by atoms with Crippen LogP contribution in [-0.4, -0.2) is 59.8 Å². The molecule has 2 aromatic rings. The molecule has 2 fully saturated rings. The van der Waals surface area contributed by atoms with Crippen molar-refractivity contribution in [2.75, 3.05) is 31.5 Å². The predicted molar refractivity (Wildman–Crippen MR) is 138 cm³/mol. The standard InChI is InChI=1S/C27H30ClF3N4O/c28-22-8-2-3-9-23(22)33-24(17-25(32)27(29,30)31)19-10-12-20(13-11-19)26(36)35-16-6-7-21(35)18-34-14-4-1-5-15-34/h2-3,8-13,17,21,32-33H,1,4-7,14-16,18H2/b24-17-,32-25?. The van der Waals surface area contributed by atoms with E-state index in [0.29, 0.717) is 28.4 Å². The van der Waals surface area contributed by atoms with Gasteiger partial charge in [-0.2, -0.15) is 13.2 Å². The topological polar surface area (TPSA) is 59.4 Å². The molecule has 0 saturated carbocycles. The van der Waals surface area contributed by atoms with E-state index in [2.05, 4.69) is 10.2 Å². The van der Waals surface area contributed by atoms with Gasteiger partial charge in [-0.1, -0.05) is 42.3 Å². The first-order valence-corrected chi connectivity index (χ1v) is 12.6. The highest BCUT2D eigenvalue weighted by molar-refractivity contribution is 6.33. The first-order valence-electron chi connectivity index (χ1n) is 12.2. The quantitative estimate of drug-likeness (QED) is 0.413. The highest BCUT2D eigenvalue weighted by atomic mass is 35.5. The number of hydrogen-bond acceptors (Lipinski definition) is 4. The van der Waals surface area contributed by atoms with Crippen LogP contribution >= 0.6 is 11.6 Å². The van der Waals surface area contributed by atoms with Crippen LogP contribution in [0.25, 0.3) is 5.70 Å². The number of piperidine rings is 1. The summed E-state index contributed by atoms with van der Waals surface area (Å²) in [5.41, 5.74) is -0.111. The molecule has 2 saturated heterocycles. The summed E-state index contributed by atoms with van der Waals surface area (Å²) in [5, 5.41) is 10.7. The average molecular weight is 519 g/mol. The maximum absolute atomic E-state index is 13.3. The van der Waals surface area contributed by atoms with Gasteiger partial charge < -0.3 is 15.1 Å². The maximum atomic E-state index is 13.3. The predicted octanol–water partition coefficient (Wildman–Crippen LogP) is 6.47. The third-order valence-electron chi connectivity index (χ3n) is 6.74. The molecule has 0 bridgehead atoms. The van der Waals surface area contributed by atoms with Crippen LogP contribution < -0.4 is 5.32 Å². The fourth-order valence-corrected chi connectivity index (χ4v) is 5.00. The molecular formula is C27H30ClF3N4O. The Hall–Kier alpha value is -2.84. The fraction of sp³-hybridized carbons (Fsp3) is 0.407.